The second-order valence-corrected chi connectivity index (χ2v) is 8.08. The monoisotopic (exact) mass is 434 g/mol. The van der Waals surface area contributed by atoms with Crippen molar-refractivity contribution in [2.75, 3.05) is 35.8 Å². The largest absolute Gasteiger partial charge is 0.377 e. The molecule has 4 rings (SSSR count). The number of amides is 2. The molecule has 0 unspecified atom stereocenters. The number of carbonyl (C=O) groups is 2. The van der Waals surface area contributed by atoms with Crippen molar-refractivity contribution < 1.29 is 9.59 Å². The first kappa shape index (κ1) is 20.9. The van der Waals surface area contributed by atoms with E-state index in [1.807, 2.05) is 61.5 Å². The fourth-order valence-electron chi connectivity index (χ4n) is 3.77. The van der Waals surface area contributed by atoms with Crippen LogP contribution in [0.15, 0.2) is 60.8 Å². The molecule has 0 radical (unpaired) electrons. The van der Waals surface area contributed by atoms with E-state index in [0.717, 1.165) is 29.1 Å². The van der Waals surface area contributed by atoms with E-state index in [4.69, 9.17) is 11.6 Å². The summed E-state index contributed by atoms with van der Waals surface area (Å²) in [4.78, 5) is 33.6. The minimum atomic E-state index is -0.229. The number of pyridine rings is 1. The molecular weight excluding hydrogens is 412 g/mol. The maximum Gasteiger partial charge on any atom is 0.257 e. The van der Waals surface area contributed by atoms with Gasteiger partial charge >= 0.3 is 0 Å². The van der Waals surface area contributed by atoms with Gasteiger partial charge in [-0.1, -0.05) is 17.7 Å². The van der Waals surface area contributed by atoms with Crippen molar-refractivity contribution in [3.05, 3.63) is 82.6 Å². The molecular formula is C24H23ClN4O2. The van der Waals surface area contributed by atoms with Crippen LogP contribution in [-0.2, 0) is 17.6 Å². The van der Waals surface area contributed by atoms with Gasteiger partial charge in [-0.25, -0.2) is 0 Å². The van der Waals surface area contributed by atoms with Crippen LogP contribution in [0.1, 0.15) is 21.6 Å². The lowest BCUT2D eigenvalue weighted by atomic mass is 10.1. The number of rotatable bonds is 5. The minimum Gasteiger partial charge on any atom is -0.377 e. The maximum atomic E-state index is 12.9. The van der Waals surface area contributed by atoms with E-state index >= 15 is 0 Å². The number of anilines is 3. The Morgan fingerprint density at radius 3 is 2.71 bits per heavy atom. The summed E-state index contributed by atoms with van der Waals surface area (Å²) in [6.07, 6.45) is 2.70. The van der Waals surface area contributed by atoms with Crippen LogP contribution in [-0.4, -0.2) is 37.4 Å². The Bertz CT molecular complexity index is 1130. The summed E-state index contributed by atoms with van der Waals surface area (Å²) >= 11 is 6.11. The van der Waals surface area contributed by atoms with E-state index in [0.29, 0.717) is 22.8 Å². The third kappa shape index (κ3) is 4.54. The molecule has 0 aliphatic carbocycles. The van der Waals surface area contributed by atoms with Crippen LogP contribution in [0.4, 0.5) is 17.1 Å². The summed E-state index contributed by atoms with van der Waals surface area (Å²) in [6.45, 7) is 0.622. The van der Waals surface area contributed by atoms with Gasteiger partial charge in [-0.15, -0.1) is 0 Å². The molecule has 1 aliphatic rings. The summed E-state index contributed by atoms with van der Waals surface area (Å²) < 4.78 is 0. The second-order valence-electron chi connectivity index (χ2n) is 7.65. The highest BCUT2D eigenvalue weighted by Crippen LogP contribution is 2.31. The van der Waals surface area contributed by atoms with E-state index in [-0.39, 0.29) is 18.2 Å². The van der Waals surface area contributed by atoms with E-state index in [9.17, 15) is 9.59 Å². The molecule has 7 heteroatoms. The second kappa shape index (κ2) is 8.78. The molecule has 3 aromatic rings. The number of nitrogens with zero attached hydrogens (tertiary/aromatic N) is 3. The molecule has 1 aliphatic heterocycles. The van der Waals surface area contributed by atoms with Gasteiger partial charge in [0.05, 0.1) is 12.0 Å². The molecule has 2 amide bonds. The molecule has 0 saturated carbocycles. The molecule has 2 heterocycles. The number of fused-ring (bicyclic) bond motifs is 1. The van der Waals surface area contributed by atoms with Crippen LogP contribution in [0.25, 0.3) is 0 Å². The van der Waals surface area contributed by atoms with Gasteiger partial charge in [0, 0.05) is 54.6 Å². The molecule has 1 N–H and O–H groups in total. The van der Waals surface area contributed by atoms with Crippen LogP contribution in [0.3, 0.4) is 0 Å². The molecule has 0 saturated heterocycles. The van der Waals surface area contributed by atoms with Crippen LogP contribution in [0.5, 0.6) is 0 Å². The Hall–Kier alpha value is -3.38. The van der Waals surface area contributed by atoms with Crippen molar-refractivity contribution in [2.24, 2.45) is 0 Å². The summed E-state index contributed by atoms with van der Waals surface area (Å²) in [6, 6.07) is 16.5. The Morgan fingerprint density at radius 2 is 1.97 bits per heavy atom. The van der Waals surface area contributed by atoms with E-state index < -0.39 is 0 Å². The zero-order valence-corrected chi connectivity index (χ0v) is 18.2. The zero-order chi connectivity index (χ0) is 22.0. The lowest BCUT2D eigenvalue weighted by Crippen LogP contribution is -2.30. The third-order valence-electron chi connectivity index (χ3n) is 5.28. The van der Waals surface area contributed by atoms with Crippen LogP contribution in [0, 0.1) is 0 Å². The molecule has 31 heavy (non-hydrogen) atoms. The van der Waals surface area contributed by atoms with Crippen molar-refractivity contribution in [2.45, 2.75) is 12.8 Å². The first-order chi connectivity index (χ1) is 14.9. The third-order valence-corrected chi connectivity index (χ3v) is 5.51. The number of halogens is 1. The SMILES string of the molecule is CN(C)c1ccc(Cl)cc1C(=O)Nc1ccc2c(c1)CCN2C(=O)Cc1ccccn1. The quantitative estimate of drug-likeness (QED) is 0.654. The Balaban J connectivity index is 1.50. The Kier molecular flexibility index (Phi) is 5.91. The van der Waals surface area contributed by atoms with Crippen molar-refractivity contribution in [3.8, 4) is 0 Å². The number of hydrogen-bond acceptors (Lipinski definition) is 4. The Morgan fingerprint density at radius 1 is 1.13 bits per heavy atom. The predicted octanol–water partition coefficient (Wildman–Crippen LogP) is 4.19. The molecule has 0 bridgehead atoms. The van der Waals surface area contributed by atoms with Crippen molar-refractivity contribution in [1.29, 1.82) is 0 Å². The standard InChI is InChI=1S/C24H23ClN4O2/c1-28(2)22-8-6-17(25)14-20(22)24(31)27-19-7-9-21-16(13-19)10-12-29(21)23(30)15-18-5-3-4-11-26-18/h3-9,11,13-14H,10,12,15H2,1-2H3,(H,27,31). The van der Waals surface area contributed by atoms with Crippen molar-refractivity contribution in [3.63, 3.8) is 0 Å². The fourth-order valence-corrected chi connectivity index (χ4v) is 3.94. The number of aromatic nitrogens is 1. The van der Waals surface area contributed by atoms with E-state index in [1.54, 1.807) is 23.2 Å². The number of nitrogens with one attached hydrogen (secondary N) is 1. The van der Waals surface area contributed by atoms with Gasteiger partial charge < -0.3 is 15.1 Å². The smallest absolute Gasteiger partial charge is 0.257 e. The number of benzene rings is 2. The first-order valence-electron chi connectivity index (χ1n) is 10.0. The van der Waals surface area contributed by atoms with Gasteiger partial charge in [0.1, 0.15) is 0 Å². The highest BCUT2D eigenvalue weighted by Gasteiger charge is 2.25. The minimum absolute atomic E-state index is 0.0174. The highest BCUT2D eigenvalue weighted by atomic mass is 35.5. The van der Waals surface area contributed by atoms with Gasteiger partial charge in [-0.05, 0) is 60.5 Å². The first-order valence-corrected chi connectivity index (χ1v) is 10.4. The maximum absolute atomic E-state index is 12.9. The molecule has 0 spiro atoms. The van der Waals surface area contributed by atoms with Gasteiger partial charge in [0.2, 0.25) is 5.91 Å². The highest BCUT2D eigenvalue weighted by molar-refractivity contribution is 6.31. The van der Waals surface area contributed by atoms with E-state index in [2.05, 4.69) is 10.3 Å². The normalized spacial score (nSPS) is 12.4. The lowest BCUT2D eigenvalue weighted by molar-refractivity contribution is -0.117. The Labute approximate surface area is 186 Å². The van der Waals surface area contributed by atoms with Crippen LogP contribution < -0.4 is 15.1 Å². The van der Waals surface area contributed by atoms with Crippen LogP contribution in [0.2, 0.25) is 5.02 Å². The van der Waals surface area contributed by atoms with Gasteiger partial charge in [0.15, 0.2) is 0 Å². The molecule has 158 valence electrons. The predicted molar refractivity (Wildman–Crippen MR) is 124 cm³/mol. The number of hydrogen-bond donors (Lipinski definition) is 1. The average Bonchev–Trinajstić information content (AvgIpc) is 3.17. The molecule has 1 aromatic heterocycles. The fraction of sp³-hybridized carbons (Fsp3) is 0.208. The van der Waals surface area contributed by atoms with Crippen molar-refractivity contribution >= 4 is 40.5 Å². The molecule has 2 aromatic carbocycles. The summed E-state index contributed by atoms with van der Waals surface area (Å²) in [5.41, 5.74) is 4.65. The zero-order valence-electron chi connectivity index (χ0n) is 17.4. The number of carbonyl (C=O) groups excluding carboxylic acids is 2. The van der Waals surface area contributed by atoms with E-state index in [1.165, 1.54) is 0 Å². The topological polar surface area (TPSA) is 65.5 Å². The van der Waals surface area contributed by atoms with Gasteiger partial charge in [-0.3, -0.25) is 14.6 Å². The lowest BCUT2D eigenvalue weighted by Gasteiger charge is -2.19. The summed E-state index contributed by atoms with van der Waals surface area (Å²) in [5, 5.41) is 3.46. The molecule has 6 nitrogen and oxygen atoms in total. The van der Waals surface area contributed by atoms with Crippen molar-refractivity contribution in [1.82, 2.24) is 4.98 Å². The summed E-state index contributed by atoms with van der Waals surface area (Å²) in [7, 11) is 3.76. The van der Waals surface area contributed by atoms with Gasteiger partial charge in [-0.2, -0.15) is 0 Å². The molecule has 0 fully saturated rings. The van der Waals surface area contributed by atoms with Gasteiger partial charge in [0.25, 0.3) is 5.91 Å². The summed E-state index contributed by atoms with van der Waals surface area (Å²) in [5.74, 6) is -0.212. The van der Waals surface area contributed by atoms with Crippen LogP contribution >= 0.6 is 11.6 Å². The molecule has 0 atom stereocenters. The average molecular weight is 435 g/mol.